The van der Waals surface area contributed by atoms with Crippen LogP contribution in [0.1, 0.15) is 12.6 Å². The number of nitrogens with zero attached hydrogens (tertiary/aromatic N) is 3. The number of hydrazine groups is 1. The predicted octanol–water partition coefficient (Wildman–Crippen LogP) is 1.61. The Kier molecular flexibility index (Phi) is 3.94. The lowest BCUT2D eigenvalue weighted by molar-refractivity contribution is 0.0817. The standard InChI is InChI=1S/C14H16FN5O.ClH/c1-2-12-11-4-3-10(15)5-13(11)20(17-12)19-8-14(21-18-19)9-6-16-7-9;/h3-5,8-9,16,18H,2,6-7H2,1H3;1H. The molecule has 2 N–H and O–H groups in total. The van der Waals surface area contributed by atoms with E-state index < -0.39 is 0 Å². The van der Waals surface area contributed by atoms with Gasteiger partial charge in [0.25, 0.3) is 0 Å². The Bertz CT molecular complexity index is 727. The van der Waals surface area contributed by atoms with Gasteiger partial charge in [-0.15, -0.1) is 12.4 Å². The molecular formula is C14H17ClFN5O. The number of aryl methyl sites for hydroxylation is 1. The summed E-state index contributed by atoms with van der Waals surface area (Å²) in [6.45, 7) is 3.86. The molecule has 1 aromatic carbocycles. The fourth-order valence-electron chi connectivity index (χ4n) is 2.61. The maximum absolute atomic E-state index is 13.6. The van der Waals surface area contributed by atoms with E-state index in [2.05, 4.69) is 16.0 Å². The number of hydrogen-bond acceptors (Lipinski definition) is 5. The molecule has 2 aliphatic rings. The predicted molar refractivity (Wildman–Crippen MR) is 83.2 cm³/mol. The zero-order valence-corrected chi connectivity index (χ0v) is 12.9. The Labute approximate surface area is 133 Å². The first-order valence-electron chi connectivity index (χ1n) is 7.08. The Morgan fingerprint density at radius 3 is 2.91 bits per heavy atom. The number of fused-ring (bicyclic) bond motifs is 1. The summed E-state index contributed by atoms with van der Waals surface area (Å²) in [5.41, 5.74) is 4.46. The van der Waals surface area contributed by atoms with Gasteiger partial charge in [-0.2, -0.15) is 15.0 Å². The zero-order chi connectivity index (χ0) is 14.4. The van der Waals surface area contributed by atoms with Crippen LogP contribution in [0, 0.1) is 11.7 Å². The SMILES string of the molecule is CCc1nn(N2C=C(C3CNC3)ON2)c2cc(F)ccc12.Cl. The van der Waals surface area contributed by atoms with Crippen molar-refractivity contribution in [1.82, 2.24) is 20.8 Å². The first-order chi connectivity index (χ1) is 10.3. The van der Waals surface area contributed by atoms with Crippen LogP contribution in [0.25, 0.3) is 10.9 Å². The van der Waals surface area contributed by atoms with Crippen LogP contribution in [0.15, 0.2) is 30.2 Å². The zero-order valence-electron chi connectivity index (χ0n) is 12.0. The second kappa shape index (κ2) is 5.75. The molecule has 0 aliphatic carbocycles. The van der Waals surface area contributed by atoms with Gasteiger partial charge in [0.2, 0.25) is 0 Å². The van der Waals surface area contributed by atoms with Crippen LogP contribution >= 0.6 is 12.4 Å². The molecule has 0 bridgehead atoms. The van der Waals surface area contributed by atoms with Crippen molar-refractivity contribution in [2.45, 2.75) is 13.3 Å². The first kappa shape index (κ1) is 15.1. The summed E-state index contributed by atoms with van der Waals surface area (Å²) < 4.78 is 13.6. The lowest BCUT2D eigenvalue weighted by Crippen LogP contribution is -2.43. The molecule has 1 fully saturated rings. The molecule has 4 rings (SSSR count). The molecular weight excluding hydrogens is 309 g/mol. The normalized spacial score (nSPS) is 17.9. The van der Waals surface area contributed by atoms with Crippen molar-refractivity contribution in [3.8, 4) is 0 Å². The third-order valence-corrected chi connectivity index (χ3v) is 3.93. The van der Waals surface area contributed by atoms with Crippen LogP contribution in [-0.4, -0.2) is 23.0 Å². The highest BCUT2D eigenvalue weighted by Crippen LogP contribution is 2.24. The van der Waals surface area contributed by atoms with E-state index in [-0.39, 0.29) is 18.2 Å². The number of benzene rings is 1. The van der Waals surface area contributed by atoms with E-state index in [0.717, 1.165) is 36.3 Å². The van der Waals surface area contributed by atoms with E-state index in [1.807, 2.05) is 13.1 Å². The molecule has 22 heavy (non-hydrogen) atoms. The van der Waals surface area contributed by atoms with Crippen molar-refractivity contribution in [3.05, 3.63) is 41.7 Å². The number of rotatable bonds is 3. The minimum absolute atomic E-state index is 0. The molecule has 0 amide bonds. The first-order valence-corrected chi connectivity index (χ1v) is 7.08. The van der Waals surface area contributed by atoms with Gasteiger partial charge in [-0.3, -0.25) is 0 Å². The third-order valence-electron chi connectivity index (χ3n) is 3.93. The maximum Gasteiger partial charge on any atom is 0.152 e. The van der Waals surface area contributed by atoms with Crippen LogP contribution in [0.5, 0.6) is 0 Å². The molecule has 0 unspecified atom stereocenters. The number of halogens is 2. The summed E-state index contributed by atoms with van der Waals surface area (Å²) in [5.74, 6) is 0.970. The lowest BCUT2D eigenvalue weighted by Gasteiger charge is -2.25. The Balaban J connectivity index is 0.00000144. The Morgan fingerprint density at radius 2 is 2.23 bits per heavy atom. The van der Waals surface area contributed by atoms with E-state index >= 15 is 0 Å². The average molecular weight is 326 g/mol. The van der Waals surface area contributed by atoms with Crippen molar-refractivity contribution >= 4 is 23.3 Å². The number of nitrogens with one attached hydrogen (secondary N) is 2. The van der Waals surface area contributed by atoms with Crippen molar-refractivity contribution in [2.24, 2.45) is 5.92 Å². The molecule has 0 saturated carbocycles. The monoisotopic (exact) mass is 325 g/mol. The quantitative estimate of drug-likeness (QED) is 0.898. The van der Waals surface area contributed by atoms with Crippen LogP contribution in [0.3, 0.4) is 0 Å². The summed E-state index contributed by atoms with van der Waals surface area (Å²) in [5, 5.41) is 10.3. The Morgan fingerprint density at radius 1 is 1.41 bits per heavy atom. The highest BCUT2D eigenvalue weighted by Gasteiger charge is 2.29. The molecule has 6 nitrogen and oxygen atoms in total. The summed E-state index contributed by atoms with van der Waals surface area (Å²) in [6.07, 6.45) is 2.65. The fourth-order valence-corrected chi connectivity index (χ4v) is 2.61. The lowest BCUT2D eigenvalue weighted by atomic mass is 10.0. The maximum atomic E-state index is 13.6. The highest BCUT2D eigenvalue weighted by molar-refractivity contribution is 5.85. The molecule has 0 radical (unpaired) electrons. The highest BCUT2D eigenvalue weighted by atomic mass is 35.5. The van der Waals surface area contributed by atoms with E-state index in [1.54, 1.807) is 16.0 Å². The van der Waals surface area contributed by atoms with Gasteiger partial charge in [0.1, 0.15) is 5.82 Å². The summed E-state index contributed by atoms with van der Waals surface area (Å²) in [6, 6.07) is 4.72. The van der Waals surface area contributed by atoms with E-state index in [0.29, 0.717) is 11.4 Å². The second-order valence-corrected chi connectivity index (χ2v) is 5.28. The van der Waals surface area contributed by atoms with Gasteiger partial charge >= 0.3 is 0 Å². The van der Waals surface area contributed by atoms with Crippen molar-refractivity contribution in [2.75, 3.05) is 18.2 Å². The molecule has 0 atom stereocenters. The van der Waals surface area contributed by atoms with Crippen molar-refractivity contribution in [1.29, 1.82) is 0 Å². The van der Waals surface area contributed by atoms with Gasteiger partial charge in [-0.05, 0) is 24.1 Å². The minimum Gasteiger partial charge on any atom is -0.390 e. The van der Waals surface area contributed by atoms with Crippen LogP contribution in [0.2, 0.25) is 0 Å². The average Bonchev–Trinajstić information content (AvgIpc) is 3.00. The summed E-state index contributed by atoms with van der Waals surface area (Å²) in [7, 11) is 0. The molecule has 3 heterocycles. The van der Waals surface area contributed by atoms with Gasteiger partial charge in [0, 0.05) is 30.5 Å². The van der Waals surface area contributed by atoms with Crippen LogP contribution in [-0.2, 0) is 11.3 Å². The van der Waals surface area contributed by atoms with E-state index in [9.17, 15) is 4.39 Å². The van der Waals surface area contributed by atoms with Gasteiger partial charge in [0.05, 0.1) is 17.4 Å². The topological polar surface area (TPSA) is 54.4 Å². The summed E-state index contributed by atoms with van der Waals surface area (Å²) >= 11 is 0. The van der Waals surface area contributed by atoms with Gasteiger partial charge in [-0.25, -0.2) is 4.39 Å². The smallest absolute Gasteiger partial charge is 0.152 e. The van der Waals surface area contributed by atoms with Crippen LogP contribution in [0.4, 0.5) is 4.39 Å². The second-order valence-electron chi connectivity index (χ2n) is 5.28. The third kappa shape index (κ3) is 2.31. The molecule has 2 aromatic rings. The molecule has 8 heteroatoms. The van der Waals surface area contributed by atoms with Crippen LogP contribution < -0.4 is 16.0 Å². The van der Waals surface area contributed by atoms with Gasteiger partial charge < -0.3 is 10.2 Å². The largest absolute Gasteiger partial charge is 0.390 e. The molecule has 1 saturated heterocycles. The minimum atomic E-state index is -0.279. The Hall–Kier alpha value is -1.83. The van der Waals surface area contributed by atoms with E-state index in [4.69, 9.17) is 4.84 Å². The van der Waals surface area contributed by atoms with Gasteiger partial charge in [-0.1, -0.05) is 6.92 Å². The molecule has 0 spiro atoms. The number of aromatic nitrogens is 2. The molecule has 2 aliphatic heterocycles. The van der Waals surface area contributed by atoms with Crippen molar-refractivity contribution in [3.63, 3.8) is 0 Å². The molecule has 118 valence electrons. The van der Waals surface area contributed by atoms with E-state index in [1.165, 1.54) is 12.1 Å². The summed E-state index contributed by atoms with van der Waals surface area (Å²) in [4.78, 5) is 7.12. The number of hydrogen-bond donors (Lipinski definition) is 2. The van der Waals surface area contributed by atoms with Crippen molar-refractivity contribution < 1.29 is 9.23 Å². The fraction of sp³-hybridized carbons (Fsp3) is 0.357. The van der Waals surface area contributed by atoms with Gasteiger partial charge in [0.15, 0.2) is 5.76 Å². The molecule has 1 aromatic heterocycles.